The van der Waals surface area contributed by atoms with Gasteiger partial charge in [0.2, 0.25) is 0 Å². The molecule has 0 bridgehead atoms. The maximum atomic E-state index is 12.6. The molecule has 4 heteroatoms. The lowest BCUT2D eigenvalue weighted by molar-refractivity contribution is 0.0734. The first-order valence-electron chi connectivity index (χ1n) is 7.21. The number of carbonyl (C=O) groups is 1. The average molecular weight is 267 g/mol. The Morgan fingerprint density at radius 1 is 1.35 bits per heavy atom. The van der Waals surface area contributed by atoms with E-state index in [4.69, 9.17) is 0 Å². The third-order valence-electron chi connectivity index (χ3n) is 4.27. The Morgan fingerprint density at radius 3 is 3.10 bits per heavy atom. The minimum atomic E-state index is 0.138. The molecule has 1 aromatic carbocycles. The van der Waals surface area contributed by atoms with Crippen molar-refractivity contribution in [3.05, 3.63) is 52.8 Å². The summed E-state index contributed by atoms with van der Waals surface area (Å²) in [6, 6.07) is 8.15. The van der Waals surface area contributed by atoms with Crippen molar-refractivity contribution in [1.29, 1.82) is 0 Å². The van der Waals surface area contributed by atoms with Crippen LogP contribution in [0.3, 0.4) is 0 Å². The predicted molar refractivity (Wildman–Crippen MR) is 75.4 cm³/mol. The van der Waals surface area contributed by atoms with Crippen LogP contribution >= 0.6 is 0 Å². The Bertz CT molecular complexity index is 657. The highest BCUT2D eigenvalue weighted by Gasteiger charge is 2.26. The lowest BCUT2D eigenvalue weighted by Gasteiger charge is -2.26. The van der Waals surface area contributed by atoms with E-state index >= 15 is 0 Å². The van der Waals surface area contributed by atoms with Gasteiger partial charge in [0.25, 0.3) is 5.91 Å². The number of nitrogens with one attached hydrogen (secondary N) is 1. The van der Waals surface area contributed by atoms with Crippen molar-refractivity contribution in [2.75, 3.05) is 6.54 Å². The number of H-pyrrole nitrogens is 1. The fourth-order valence-electron chi connectivity index (χ4n) is 2.92. The molecule has 2 aromatic rings. The van der Waals surface area contributed by atoms with Crippen LogP contribution < -0.4 is 0 Å². The Hall–Kier alpha value is -2.10. The third kappa shape index (κ3) is 2.01. The van der Waals surface area contributed by atoms with Gasteiger partial charge in [0.15, 0.2) is 0 Å². The molecule has 0 atom stereocenters. The largest absolute Gasteiger partial charge is 0.334 e. The van der Waals surface area contributed by atoms with Gasteiger partial charge in [0, 0.05) is 36.3 Å². The van der Waals surface area contributed by atoms with Crippen molar-refractivity contribution in [2.45, 2.75) is 31.7 Å². The van der Waals surface area contributed by atoms with Crippen LogP contribution in [0.5, 0.6) is 0 Å². The Morgan fingerprint density at radius 2 is 2.25 bits per heavy atom. The smallest absolute Gasteiger partial charge is 0.254 e. The number of carbonyl (C=O) groups excluding carboxylic acids is 1. The fourth-order valence-corrected chi connectivity index (χ4v) is 2.92. The van der Waals surface area contributed by atoms with E-state index in [1.54, 1.807) is 0 Å². The zero-order valence-electron chi connectivity index (χ0n) is 11.3. The lowest BCUT2D eigenvalue weighted by Crippen LogP contribution is -2.35. The molecule has 2 heterocycles. The number of fused-ring (bicyclic) bond motifs is 1. The van der Waals surface area contributed by atoms with E-state index in [1.165, 1.54) is 24.1 Å². The summed E-state index contributed by atoms with van der Waals surface area (Å²) < 4.78 is 0. The van der Waals surface area contributed by atoms with Crippen LogP contribution in [0.15, 0.2) is 30.5 Å². The van der Waals surface area contributed by atoms with E-state index in [2.05, 4.69) is 22.3 Å². The standard InChI is InChI=1S/C16H17N3O/c20-16(13-3-1-2-12(8-13)11-4-5-11)19-7-6-15-14(10-19)9-17-18-15/h1-3,8-9,11H,4-7,10H2,(H,17,18). The minimum absolute atomic E-state index is 0.138. The van der Waals surface area contributed by atoms with Gasteiger partial charge in [-0.2, -0.15) is 5.10 Å². The van der Waals surface area contributed by atoms with Crippen LogP contribution in [0, 0.1) is 0 Å². The molecule has 1 N–H and O–H groups in total. The van der Waals surface area contributed by atoms with Crippen molar-refractivity contribution in [3.8, 4) is 0 Å². The highest BCUT2D eigenvalue weighted by atomic mass is 16.2. The summed E-state index contributed by atoms with van der Waals surface area (Å²) in [5, 5.41) is 7.05. The van der Waals surface area contributed by atoms with Gasteiger partial charge in [-0.15, -0.1) is 0 Å². The third-order valence-corrected chi connectivity index (χ3v) is 4.27. The molecular weight excluding hydrogens is 250 g/mol. The van der Waals surface area contributed by atoms with Crippen LogP contribution in [0.1, 0.15) is 45.9 Å². The Balaban J connectivity index is 1.57. The Kier molecular flexibility index (Phi) is 2.62. The monoisotopic (exact) mass is 267 g/mol. The van der Waals surface area contributed by atoms with Crippen molar-refractivity contribution >= 4 is 5.91 Å². The van der Waals surface area contributed by atoms with Gasteiger partial charge < -0.3 is 4.90 Å². The molecule has 2 aliphatic rings. The highest BCUT2D eigenvalue weighted by molar-refractivity contribution is 5.94. The van der Waals surface area contributed by atoms with E-state index < -0.39 is 0 Å². The first-order valence-corrected chi connectivity index (χ1v) is 7.21. The summed E-state index contributed by atoms with van der Waals surface area (Å²) in [4.78, 5) is 14.5. The quantitative estimate of drug-likeness (QED) is 0.908. The number of hydrogen-bond donors (Lipinski definition) is 1. The molecule has 0 radical (unpaired) electrons. The second-order valence-corrected chi connectivity index (χ2v) is 5.75. The normalized spacial score (nSPS) is 17.9. The van der Waals surface area contributed by atoms with Crippen molar-refractivity contribution in [3.63, 3.8) is 0 Å². The summed E-state index contributed by atoms with van der Waals surface area (Å²) in [5.74, 6) is 0.823. The van der Waals surface area contributed by atoms with E-state index in [-0.39, 0.29) is 5.91 Å². The Labute approximate surface area is 117 Å². The molecule has 4 rings (SSSR count). The number of amides is 1. The first-order chi connectivity index (χ1) is 9.81. The molecule has 102 valence electrons. The number of rotatable bonds is 2. The number of benzene rings is 1. The minimum Gasteiger partial charge on any atom is -0.334 e. The molecule has 0 saturated heterocycles. The number of hydrogen-bond acceptors (Lipinski definition) is 2. The van der Waals surface area contributed by atoms with Crippen molar-refractivity contribution in [1.82, 2.24) is 15.1 Å². The molecule has 1 saturated carbocycles. The number of aromatic amines is 1. The zero-order valence-corrected chi connectivity index (χ0v) is 11.3. The summed E-state index contributed by atoms with van der Waals surface area (Å²) in [6.45, 7) is 1.43. The average Bonchev–Trinajstić information content (AvgIpc) is 3.24. The van der Waals surface area contributed by atoms with E-state index in [0.717, 1.165) is 24.1 Å². The molecule has 4 nitrogen and oxygen atoms in total. The van der Waals surface area contributed by atoms with Gasteiger partial charge in [0.1, 0.15) is 0 Å². The molecule has 20 heavy (non-hydrogen) atoms. The van der Waals surface area contributed by atoms with Crippen LogP contribution in [0.4, 0.5) is 0 Å². The molecule has 1 aromatic heterocycles. The molecular formula is C16H17N3O. The van der Waals surface area contributed by atoms with Crippen LogP contribution in [0.2, 0.25) is 0 Å². The van der Waals surface area contributed by atoms with Crippen LogP contribution in [0.25, 0.3) is 0 Å². The summed E-state index contributed by atoms with van der Waals surface area (Å²) in [6.07, 6.45) is 5.22. The topological polar surface area (TPSA) is 49.0 Å². The second kappa shape index (κ2) is 4.47. The van der Waals surface area contributed by atoms with E-state index in [1.807, 2.05) is 23.2 Å². The van der Waals surface area contributed by atoms with Gasteiger partial charge in [0.05, 0.1) is 6.20 Å². The molecule has 1 fully saturated rings. The van der Waals surface area contributed by atoms with Gasteiger partial charge in [-0.1, -0.05) is 12.1 Å². The molecule has 0 spiro atoms. The maximum Gasteiger partial charge on any atom is 0.254 e. The summed E-state index contributed by atoms with van der Waals surface area (Å²) in [5.41, 5.74) is 4.45. The SMILES string of the molecule is O=C(c1cccc(C2CC2)c1)N1CCc2[nH]ncc2C1. The van der Waals surface area contributed by atoms with E-state index in [9.17, 15) is 4.79 Å². The maximum absolute atomic E-state index is 12.6. The predicted octanol–water partition coefficient (Wildman–Crippen LogP) is 2.49. The molecule has 1 aliphatic carbocycles. The second-order valence-electron chi connectivity index (χ2n) is 5.75. The first kappa shape index (κ1) is 11.7. The van der Waals surface area contributed by atoms with Crippen LogP contribution in [-0.4, -0.2) is 27.5 Å². The van der Waals surface area contributed by atoms with E-state index in [0.29, 0.717) is 12.5 Å². The van der Waals surface area contributed by atoms with Crippen molar-refractivity contribution in [2.24, 2.45) is 0 Å². The fraction of sp³-hybridized carbons (Fsp3) is 0.375. The number of aromatic nitrogens is 2. The van der Waals surface area contributed by atoms with Crippen LogP contribution in [-0.2, 0) is 13.0 Å². The van der Waals surface area contributed by atoms with Gasteiger partial charge in [-0.05, 0) is 36.5 Å². The molecule has 1 aliphatic heterocycles. The zero-order chi connectivity index (χ0) is 13.5. The molecule has 1 amide bonds. The number of nitrogens with zero attached hydrogens (tertiary/aromatic N) is 2. The van der Waals surface area contributed by atoms with Gasteiger partial charge in [-0.25, -0.2) is 0 Å². The summed E-state index contributed by atoms with van der Waals surface area (Å²) in [7, 11) is 0. The van der Waals surface area contributed by atoms with Gasteiger partial charge >= 0.3 is 0 Å². The van der Waals surface area contributed by atoms with Crippen molar-refractivity contribution < 1.29 is 4.79 Å². The summed E-state index contributed by atoms with van der Waals surface area (Å²) >= 11 is 0. The lowest BCUT2D eigenvalue weighted by atomic mass is 10.0. The van der Waals surface area contributed by atoms with Gasteiger partial charge in [-0.3, -0.25) is 9.89 Å². The highest BCUT2D eigenvalue weighted by Crippen LogP contribution is 2.40. The molecule has 0 unspecified atom stereocenters.